The van der Waals surface area contributed by atoms with Gasteiger partial charge in [0.25, 0.3) is 0 Å². The number of nitrogens with zero attached hydrogens (tertiary/aromatic N) is 3. The van der Waals surface area contributed by atoms with Crippen LogP contribution in [0.15, 0.2) is 138 Å². The van der Waals surface area contributed by atoms with Gasteiger partial charge in [-0.05, 0) is 46.5 Å². The number of aromatic nitrogens is 3. The Kier molecular flexibility index (Phi) is 7.93. The molecule has 7 aromatic carbocycles. The van der Waals surface area contributed by atoms with Crippen LogP contribution in [0.1, 0.15) is 0 Å². The quantitative estimate of drug-likeness (QED) is 0.194. The summed E-state index contributed by atoms with van der Waals surface area (Å²) in [6, 6.07) is 44.9. The molecule has 0 bridgehead atoms. The summed E-state index contributed by atoms with van der Waals surface area (Å²) in [7, 11) is 31.8. The lowest BCUT2D eigenvalue weighted by Crippen LogP contribution is -2.55. The third-order valence-electron chi connectivity index (χ3n) is 10.2. The molecule has 0 fully saturated rings. The molecule has 3 heterocycles. The van der Waals surface area contributed by atoms with Crippen molar-refractivity contribution in [1.82, 2.24) is 15.0 Å². The van der Waals surface area contributed by atoms with E-state index >= 15 is 0 Å². The summed E-state index contributed by atoms with van der Waals surface area (Å²) in [5.41, 5.74) is 8.98. The van der Waals surface area contributed by atoms with Crippen LogP contribution in [0.4, 0.5) is 0 Å². The minimum absolute atomic E-state index is 0.192. The molecule has 0 N–H and O–H groups in total. The number of furan rings is 1. The number of benzene rings is 7. The Morgan fingerprint density at radius 2 is 0.891 bits per heavy atom. The van der Waals surface area contributed by atoms with E-state index in [0.717, 1.165) is 75.5 Å². The Bertz CT molecular complexity index is 3150. The van der Waals surface area contributed by atoms with E-state index in [2.05, 4.69) is 48.5 Å². The van der Waals surface area contributed by atoms with Gasteiger partial charge in [0, 0.05) is 47.6 Å². The van der Waals surface area contributed by atoms with Gasteiger partial charge in [0.15, 0.2) is 17.5 Å². The van der Waals surface area contributed by atoms with Crippen molar-refractivity contribution in [1.29, 1.82) is 0 Å². The highest BCUT2D eigenvalue weighted by Crippen LogP contribution is 2.43. The molecule has 0 spiro atoms. The van der Waals surface area contributed by atoms with Crippen LogP contribution in [0, 0.1) is 0 Å². The second-order valence-electron chi connectivity index (χ2n) is 13.5. The Morgan fingerprint density at radius 1 is 0.382 bits per heavy atom. The molecule has 0 atom stereocenters. The Morgan fingerprint density at radius 3 is 1.62 bits per heavy atom. The zero-order chi connectivity index (χ0) is 37.4. The van der Waals surface area contributed by atoms with Gasteiger partial charge in [0.1, 0.15) is 50.4 Å². The predicted octanol–water partition coefficient (Wildman–Crippen LogP) is 6.44. The zero-order valence-corrected chi connectivity index (χ0v) is 30.1. The second kappa shape index (κ2) is 13.0. The molecule has 3 aromatic heterocycles. The average Bonchev–Trinajstić information content (AvgIpc) is 3.81. The molecule has 0 aliphatic carbocycles. The van der Waals surface area contributed by atoms with E-state index in [9.17, 15) is 0 Å². The number of fused-ring (bicyclic) bond motifs is 6. The van der Waals surface area contributed by atoms with Gasteiger partial charge in [-0.1, -0.05) is 120 Å². The van der Waals surface area contributed by atoms with Crippen LogP contribution in [-0.2, 0) is 0 Å². The van der Waals surface area contributed by atoms with Crippen molar-refractivity contribution in [3.8, 4) is 56.4 Å². The van der Waals surface area contributed by atoms with E-state index in [-0.39, 0.29) is 16.4 Å². The Balaban J connectivity index is 1.12. The first-order chi connectivity index (χ1) is 26.8. The van der Waals surface area contributed by atoms with Gasteiger partial charge < -0.3 is 4.42 Å². The van der Waals surface area contributed by atoms with Gasteiger partial charge in [-0.15, -0.1) is 27.7 Å². The van der Waals surface area contributed by atoms with E-state index < -0.39 is 0 Å². The van der Waals surface area contributed by atoms with Crippen molar-refractivity contribution < 1.29 is 4.42 Å². The lowest BCUT2D eigenvalue weighted by Gasteiger charge is -2.21. The van der Waals surface area contributed by atoms with E-state index in [4.69, 9.17) is 58.6 Å². The molecule has 4 nitrogen and oxygen atoms in total. The number of thiophene rings is 1. The topological polar surface area (TPSA) is 51.8 Å². The third kappa shape index (κ3) is 5.46. The van der Waals surface area contributed by atoms with Crippen molar-refractivity contribution in [2.75, 3.05) is 0 Å². The number of hydrogen-bond donors (Lipinski definition) is 0. The molecule has 0 aliphatic heterocycles. The van der Waals surface area contributed by atoms with Crippen molar-refractivity contribution in [3.05, 3.63) is 133 Å². The van der Waals surface area contributed by atoms with E-state index in [0.29, 0.717) is 34.0 Å². The van der Waals surface area contributed by atoms with Gasteiger partial charge in [-0.25, -0.2) is 15.0 Å². The van der Waals surface area contributed by atoms with Gasteiger partial charge in [-0.3, -0.25) is 0 Å². The molecule has 10 heteroatoms. The molecule has 0 aliphatic rings. The van der Waals surface area contributed by atoms with Crippen LogP contribution in [0.2, 0.25) is 0 Å². The standard InChI is InChI=1S/C45H22B5N3OS/c46-36-35(37(47)39(49)40(50)38(36)48)32-17-8-16-31-30-15-7-14-27(41(30)55-42(31)32)24-11-6-12-25(21-24)44-51-43(23-9-2-1-3-10-23)52-45(53-44)26-19-20-29-28-13-4-5-18-33(28)54-34(29)22-26/h1-22H. The third-order valence-corrected chi connectivity index (χ3v) is 11.5. The maximum Gasteiger partial charge on any atom is 0.164 e. The van der Waals surface area contributed by atoms with Crippen LogP contribution in [0.25, 0.3) is 98.5 Å². The summed E-state index contributed by atoms with van der Waals surface area (Å²) >= 11 is 1.67. The van der Waals surface area contributed by atoms with Crippen LogP contribution in [-0.4, -0.2) is 54.2 Å². The lowest BCUT2D eigenvalue weighted by atomic mass is 9.59. The summed E-state index contributed by atoms with van der Waals surface area (Å²) in [5.74, 6) is 1.70. The summed E-state index contributed by atoms with van der Waals surface area (Å²) in [4.78, 5) is 15.0. The first kappa shape index (κ1) is 33.5. The van der Waals surface area contributed by atoms with Crippen molar-refractivity contribution >= 4 is 120 Å². The first-order valence-electron chi connectivity index (χ1n) is 17.6. The van der Waals surface area contributed by atoms with E-state index in [1.54, 1.807) is 11.3 Å². The van der Waals surface area contributed by atoms with Crippen molar-refractivity contribution in [2.45, 2.75) is 0 Å². The molecule has 244 valence electrons. The molecule has 0 unspecified atom stereocenters. The summed E-state index contributed by atoms with van der Waals surface area (Å²) < 4.78 is 8.35. The molecule has 10 aromatic rings. The molecule has 10 rings (SSSR count). The summed E-state index contributed by atoms with van der Waals surface area (Å²) in [6.45, 7) is 0. The van der Waals surface area contributed by atoms with Crippen LogP contribution < -0.4 is 27.3 Å². The molecule has 0 saturated heterocycles. The number of hydrogen-bond acceptors (Lipinski definition) is 5. The lowest BCUT2D eigenvalue weighted by molar-refractivity contribution is 0.669. The van der Waals surface area contributed by atoms with Crippen molar-refractivity contribution in [3.63, 3.8) is 0 Å². The van der Waals surface area contributed by atoms with Gasteiger partial charge in [0.05, 0.1) is 0 Å². The fraction of sp³-hybridized carbons (Fsp3) is 0. The van der Waals surface area contributed by atoms with Gasteiger partial charge >= 0.3 is 0 Å². The van der Waals surface area contributed by atoms with Crippen molar-refractivity contribution in [2.24, 2.45) is 0 Å². The zero-order valence-electron chi connectivity index (χ0n) is 29.2. The summed E-state index contributed by atoms with van der Waals surface area (Å²) in [5, 5.41) is 4.29. The van der Waals surface area contributed by atoms with E-state index in [1.807, 2.05) is 84.9 Å². The number of para-hydroxylation sites is 1. The largest absolute Gasteiger partial charge is 0.456 e. The number of rotatable bonds is 5. The fourth-order valence-electron chi connectivity index (χ4n) is 7.43. The minimum atomic E-state index is 0.192. The SMILES string of the molecule is [B]c1c([B])c([B])c(-c2cccc3c2sc2c(-c4cccc(-c5nc(-c6ccccc6)nc(-c6ccc7c(c6)oc6ccccc67)n5)c4)cccc23)c([B])c1[B]. The highest BCUT2D eigenvalue weighted by atomic mass is 32.1. The molecule has 0 saturated carbocycles. The molecular weight excluding hydrogens is 685 g/mol. The molecule has 10 radical (unpaired) electrons. The Hall–Kier alpha value is -6.11. The predicted molar refractivity (Wildman–Crippen MR) is 234 cm³/mol. The Labute approximate surface area is 327 Å². The molecule has 0 amide bonds. The van der Waals surface area contributed by atoms with E-state index in [1.165, 1.54) is 0 Å². The average molecular weight is 707 g/mol. The molecule has 55 heavy (non-hydrogen) atoms. The van der Waals surface area contributed by atoms with Crippen LogP contribution >= 0.6 is 11.3 Å². The minimum Gasteiger partial charge on any atom is -0.456 e. The first-order valence-corrected chi connectivity index (χ1v) is 18.5. The maximum atomic E-state index is 6.54. The van der Waals surface area contributed by atoms with Crippen LogP contribution in [0.3, 0.4) is 0 Å². The second-order valence-corrected chi connectivity index (χ2v) is 14.5. The van der Waals surface area contributed by atoms with Crippen LogP contribution in [0.5, 0.6) is 0 Å². The highest BCUT2D eigenvalue weighted by molar-refractivity contribution is 7.27. The molecular formula is C45H22B5N3OS. The maximum absolute atomic E-state index is 6.54. The highest BCUT2D eigenvalue weighted by Gasteiger charge is 2.19. The summed E-state index contributed by atoms with van der Waals surface area (Å²) in [6.07, 6.45) is 0. The van der Waals surface area contributed by atoms with Gasteiger partial charge in [-0.2, -0.15) is 0 Å². The fourth-order valence-corrected chi connectivity index (χ4v) is 8.78. The van der Waals surface area contributed by atoms with Gasteiger partial charge in [0.2, 0.25) is 0 Å². The normalized spacial score (nSPS) is 11.6. The monoisotopic (exact) mass is 707 g/mol. The smallest absolute Gasteiger partial charge is 0.164 e.